The molecule has 0 saturated carbocycles. The molecule has 0 aliphatic carbocycles. The highest BCUT2D eigenvalue weighted by Gasteiger charge is 2.11. The maximum Gasteiger partial charge on any atom is 0.270 e. The number of thiocarbonyl (C=S) groups is 1. The number of rotatable bonds is 6. The Kier molecular flexibility index (Phi) is 5.58. The van der Waals surface area contributed by atoms with E-state index in [1.807, 2.05) is 42.5 Å². The third-order valence-corrected chi connectivity index (χ3v) is 3.94. The molecule has 0 fully saturated rings. The molecule has 0 atom stereocenters. The molecule has 0 saturated heterocycles. The molecule has 3 rings (SSSR count). The first-order valence-electron chi connectivity index (χ1n) is 8.01. The highest BCUT2D eigenvalue weighted by Crippen LogP contribution is 2.25. The monoisotopic (exact) mass is 380 g/mol. The van der Waals surface area contributed by atoms with Gasteiger partial charge in [0.25, 0.3) is 5.69 Å². The van der Waals surface area contributed by atoms with Crippen molar-refractivity contribution in [2.45, 2.75) is 6.61 Å². The predicted molar refractivity (Wildman–Crippen MR) is 109 cm³/mol. The van der Waals surface area contributed by atoms with E-state index in [4.69, 9.17) is 10.5 Å². The fraction of sp³-hybridized carbons (Fsp3) is 0.0526. The van der Waals surface area contributed by atoms with Crippen LogP contribution in [0, 0.1) is 10.1 Å². The number of non-ortho nitro benzene ring substituents is 1. The van der Waals surface area contributed by atoms with Crippen molar-refractivity contribution in [2.75, 3.05) is 0 Å². The summed E-state index contributed by atoms with van der Waals surface area (Å²) in [6.45, 7) is 0.308. The van der Waals surface area contributed by atoms with E-state index in [1.54, 1.807) is 6.07 Å². The Morgan fingerprint density at radius 2 is 2.00 bits per heavy atom. The first-order valence-corrected chi connectivity index (χ1v) is 8.42. The Labute approximate surface area is 160 Å². The molecule has 0 spiro atoms. The van der Waals surface area contributed by atoms with Gasteiger partial charge in [0, 0.05) is 17.7 Å². The van der Waals surface area contributed by atoms with E-state index in [0.717, 1.165) is 16.3 Å². The van der Waals surface area contributed by atoms with Gasteiger partial charge in [-0.2, -0.15) is 5.10 Å². The smallest absolute Gasteiger partial charge is 0.270 e. The van der Waals surface area contributed by atoms with E-state index in [2.05, 4.69) is 22.7 Å². The summed E-state index contributed by atoms with van der Waals surface area (Å²) in [5.74, 6) is 0.460. The van der Waals surface area contributed by atoms with Crippen LogP contribution in [0.5, 0.6) is 5.75 Å². The Balaban J connectivity index is 1.87. The number of nitrogens with two attached hydrogens (primary N) is 1. The van der Waals surface area contributed by atoms with Crippen LogP contribution in [-0.2, 0) is 6.61 Å². The minimum atomic E-state index is -0.479. The second-order valence-electron chi connectivity index (χ2n) is 5.64. The van der Waals surface area contributed by atoms with Crippen molar-refractivity contribution in [1.82, 2.24) is 5.43 Å². The summed E-state index contributed by atoms with van der Waals surface area (Å²) >= 11 is 4.68. The lowest BCUT2D eigenvalue weighted by Gasteiger charge is -2.11. The van der Waals surface area contributed by atoms with Gasteiger partial charge in [-0.25, -0.2) is 0 Å². The molecule has 0 radical (unpaired) electrons. The number of ether oxygens (including phenoxy) is 1. The number of benzene rings is 3. The summed E-state index contributed by atoms with van der Waals surface area (Å²) in [5, 5.41) is 17.1. The van der Waals surface area contributed by atoms with Gasteiger partial charge < -0.3 is 10.5 Å². The second kappa shape index (κ2) is 8.24. The standard InChI is InChI=1S/C19H16N4O3S/c20-19(27)22-21-11-15-10-16(23(24)25)8-9-18(15)26-12-14-6-3-5-13-4-1-2-7-17(13)14/h1-11H,12H2,(H3,20,22,27). The number of nitrogens with one attached hydrogen (secondary N) is 1. The Morgan fingerprint density at radius 1 is 1.22 bits per heavy atom. The third kappa shape index (κ3) is 4.56. The summed E-state index contributed by atoms with van der Waals surface area (Å²) in [6, 6.07) is 18.3. The largest absolute Gasteiger partial charge is 0.488 e. The molecule has 8 heteroatoms. The number of fused-ring (bicyclic) bond motifs is 1. The summed E-state index contributed by atoms with van der Waals surface area (Å²) < 4.78 is 5.92. The summed E-state index contributed by atoms with van der Waals surface area (Å²) in [6.07, 6.45) is 1.38. The van der Waals surface area contributed by atoms with E-state index in [1.165, 1.54) is 18.3 Å². The molecule has 3 aromatic carbocycles. The molecule has 136 valence electrons. The van der Waals surface area contributed by atoms with E-state index in [-0.39, 0.29) is 10.8 Å². The molecule has 3 N–H and O–H groups in total. The maximum absolute atomic E-state index is 11.0. The van der Waals surface area contributed by atoms with Crippen LogP contribution in [0.2, 0.25) is 0 Å². The van der Waals surface area contributed by atoms with Crippen LogP contribution < -0.4 is 15.9 Å². The van der Waals surface area contributed by atoms with Crippen molar-refractivity contribution < 1.29 is 9.66 Å². The van der Waals surface area contributed by atoms with Crippen LogP contribution >= 0.6 is 12.2 Å². The lowest BCUT2D eigenvalue weighted by atomic mass is 10.1. The summed E-state index contributed by atoms with van der Waals surface area (Å²) in [7, 11) is 0. The van der Waals surface area contributed by atoms with Crippen LogP contribution in [0.15, 0.2) is 65.8 Å². The van der Waals surface area contributed by atoms with Crippen LogP contribution in [0.3, 0.4) is 0 Å². The zero-order chi connectivity index (χ0) is 19.2. The number of nitro benzene ring substituents is 1. The van der Waals surface area contributed by atoms with Gasteiger partial charge in [0.1, 0.15) is 12.4 Å². The minimum Gasteiger partial charge on any atom is -0.488 e. The first kappa shape index (κ1) is 18.3. The molecule has 3 aromatic rings. The average Bonchev–Trinajstić information content (AvgIpc) is 2.66. The molecule has 27 heavy (non-hydrogen) atoms. The zero-order valence-electron chi connectivity index (χ0n) is 14.2. The van der Waals surface area contributed by atoms with E-state index < -0.39 is 4.92 Å². The molecular formula is C19H16N4O3S. The van der Waals surface area contributed by atoms with Gasteiger partial charge in [0.2, 0.25) is 0 Å². The summed E-state index contributed by atoms with van der Waals surface area (Å²) in [4.78, 5) is 10.6. The minimum absolute atomic E-state index is 0.00472. The van der Waals surface area contributed by atoms with Crippen molar-refractivity contribution in [3.8, 4) is 5.75 Å². The van der Waals surface area contributed by atoms with Gasteiger partial charge in [-0.3, -0.25) is 15.5 Å². The van der Waals surface area contributed by atoms with Gasteiger partial charge in [-0.1, -0.05) is 42.5 Å². The Morgan fingerprint density at radius 3 is 2.78 bits per heavy atom. The molecule has 0 aliphatic rings. The lowest BCUT2D eigenvalue weighted by molar-refractivity contribution is -0.384. The Bertz CT molecular complexity index is 1030. The predicted octanol–water partition coefficient (Wildman–Crippen LogP) is 3.49. The van der Waals surface area contributed by atoms with Crippen LogP contribution in [0.25, 0.3) is 10.8 Å². The topological polar surface area (TPSA) is 103 Å². The average molecular weight is 380 g/mol. The number of hydrogen-bond donors (Lipinski definition) is 2. The molecule has 0 aromatic heterocycles. The molecule has 0 aliphatic heterocycles. The summed E-state index contributed by atoms with van der Waals surface area (Å²) in [5.41, 5.74) is 9.13. The van der Waals surface area contributed by atoms with Gasteiger partial charge >= 0.3 is 0 Å². The van der Waals surface area contributed by atoms with Gasteiger partial charge in [0.05, 0.1) is 11.1 Å². The third-order valence-electron chi connectivity index (χ3n) is 3.85. The fourth-order valence-corrected chi connectivity index (χ4v) is 2.67. The molecule has 7 nitrogen and oxygen atoms in total. The second-order valence-corrected chi connectivity index (χ2v) is 6.08. The fourth-order valence-electron chi connectivity index (χ4n) is 2.62. The van der Waals surface area contributed by atoms with Gasteiger partial charge in [-0.05, 0) is 34.6 Å². The highest BCUT2D eigenvalue weighted by molar-refractivity contribution is 7.80. The van der Waals surface area contributed by atoms with Crippen molar-refractivity contribution >= 4 is 40.0 Å². The maximum atomic E-state index is 11.0. The molecule has 0 heterocycles. The van der Waals surface area contributed by atoms with E-state index >= 15 is 0 Å². The highest BCUT2D eigenvalue weighted by atomic mass is 32.1. The first-order chi connectivity index (χ1) is 13.0. The number of nitro groups is 1. The van der Waals surface area contributed by atoms with Crippen molar-refractivity contribution in [1.29, 1.82) is 0 Å². The van der Waals surface area contributed by atoms with Crippen LogP contribution in [0.1, 0.15) is 11.1 Å². The van der Waals surface area contributed by atoms with Crippen molar-refractivity contribution in [2.24, 2.45) is 10.8 Å². The zero-order valence-corrected chi connectivity index (χ0v) is 15.0. The number of nitrogens with zero attached hydrogens (tertiary/aromatic N) is 2. The SMILES string of the molecule is NC(=S)NN=Cc1cc([N+](=O)[O-])ccc1OCc1cccc2ccccc12. The molecule has 0 amide bonds. The van der Waals surface area contributed by atoms with Gasteiger partial charge in [-0.15, -0.1) is 0 Å². The van der Waals surface area contributed by atoms with E-state index in [9.17, 15) is 10.1 Å². The van der Waals surface area contributed by atoms with E-state index in [0.29, 0.717) is 17.9 Å². The molecule has 0 unspecified atom stereocenters. The number of hydrazone groups is 1. The molecular weight excluding hydrogens is 364 g/mol. The van der Waals surface area contributed by atoms with Crippen LogP contribution in [0.4, 0.5) is 5.69 Å². The van der Waals surface area contributed by atoms with Crippen LogP contribution in [-0.4, -0.2) is 16.3 Å². The van der Waals surface area contributed by atoms with Gasteiger partial charge in [0.15, 0.2) is 5.11 Å². The van der Waals surface area contributed by atoms with Crippen molar-refractivity contribution in [3.63, 3.8) is 0 Å². The quantitative estimate of drug-likeness (QED) is 0.294. The number of hydrogen-bond acceptors (Lipinski definition) is 5. The normalized spacial score (nSPS) is 10.8. The Hall–Kier alpha value is -3.52. The lowest BCUT2D eigenvalue weighted by Crippen LogP contribution is -2.24. The molecule has 0 bridgehead atoms. The van der Waals surface area contributed by atoms with Crippen molar-refractivity contribution in [3.05, 3.63) is 81.9 Å².